The van der Waals surface area contributed by atoms with Gasteiger partial charge in [-0.3, -0.25) is 4.79 Å². The van der Waals surface area contributed by atoms with Gasteiger partial charge in [-0.2, -0.15) is 0 Å². The van der Waals surface area contributed by atoms with E-state index in [1.165, 1.54) is 36.7 Å². The second-order valence-electron chi connectivity index (χ2n) is 4.30. The second kappa shape index (κ2) is 7.20. The van der Waals surface area contributed by atoms with Crippen LogP contribution in [0.4, 0.5) is 5.69 Å². The highest BCUT2D eigenvalue weighted by Crippen LogP contribution is 2.21. The molecule has 0 fully saturated rings. The van der Waals surface area contributed by atoms with Gasteiger partial charge in [-0.05, 0) is 31.2 Å². The molecule has 1 aromatic carbocycles. The summed E-state index contributed by atoms with van der Waals surface area (Å²) in [5.41, 5.74) is 1.37. The number of hydrogen-bond acceptors (Lipinski definition) is 5. The molecule has 1 heterocycles. The van der Waals surface area contributed by atoms with Crippen LogP contribution in [0.1, 0.15) is 21.1 Å². The number of nitrogens with one attached hydrogen (secondary N) is 1. The Labute approximate surface area is 136 Å². The van der Waals surface area contributed by atoms with Crippen molar-refractivity contribution in [2.24, 2.45) is 0 Å². The van der Waals surface area contributed by atoms with Crippen molar-refractivity contribution in [2.75, 3.05) is 12.4 Å². The number of halogens is 1. The number of benzene rings is 1. The number of hydrogen-bond donors (Lipinski definition) is 1. The molecule has 0 spiro atoms. The Bertz CT molecular complexity index is 740. The number of aromatic nitrogens is 1. The van der Waals surface area contributed by atoms with E-state index in [9.17, 15) is 9.59 Å². The molecule has 2 aromatic rings. The van der Waals surface area contributed by atoms with Crippen LogP contribution >= 0.6 is 22.9 Å². The van der Waals surface area contributed by atoms with Crippen molar-refractivity contribution in [3.63, 3.8) is 0 Å². The van der Waals surface area contributed by atoms with Gasteiger partial charge in [0.05, 0.1) is 28.4 Å². The lowest BCUT2D eigenvalue weighted by Crippen LogP contribution is -2.09. The molecule has 2 rings (SSSR count). The molecule has 1 amide bonds. The van der Waals surface area contributed by atoms with Crippen LogP contribution in [0.2, 0.25) is 5.02 Å². The third-order valence-electron chi connectivity index (χ3n) is 2.68. The highest BCUT2D eigenvalue weighted by Gasteiger charge is 2.12. The molecular formula is C15H13ClN2O3S. The molecule has 1 aromatic heterocycles. The van der Waals surface area contributed by atoms with E-state index in [1.54, 1.807) is 12.1 Å². The number of aryl methyl sites for hydroxylation is 1. The van der Waals surface area contributed by atoms with Gasteiger partial charge in [0.2, 0.25) is 5.91 Å². The van der Waals surface area contributed by atoms with Crippen molar-refractivity contribution < 1.29 is 14.3 Å². The first-order valence-electron chi connectivity index (χ1n) is 6.28. The minimum Gasteiger partial charge on any atom is -0.465 e. The third kappa shape index (κ3) is 4.16. The fraction of sp³-hybridized carbons (Fsp3) is 0.133. The summed E-state index contributed by atoms with van der Waals surface area (Å²) in [7, 11) is 1.27. The maximum atomic E-state index is 11.9. The molecule has 5 nitrogen and oxygen atoms in total. The minimum atomic E-state index is -0.561. The first-order chi connectivity index (χ1) is 10.5. The quantitative estimate of drug-likeness (QED) is 0.685. The molecule has 0 aliphatic carbocycles. The van der Waals surface area contributed by atoms with Crippen LogP contribution in [0.3, 0.4) is 0 Å². The van der Waals surface area contributed by atoms with Crippen LogP contribution in [0.15, 0.2) is 29.7 Å². The summed E-state index contributed by atoms with van der Waals surface area (Å²) in [5.74, 6) is -0.890. The minimum absolute atomic E-state index is 0.195. The van der Waals surface area contributed by atoms with Gasteiger partial charge in [0.15, 0.2) is 0 Å². The number of amides is 1. The van der Waals surface area contributed by atoms with Crippen LogP contribution < -0.4 is 5.32 Å². The normalized spacial score (nSPS) is 10.7. The fourth-order valence-corrected chi connectivity index (χ4v) is 2.45. The second-order valence-corrected chi connectivity index (χ2v) is 5.77. The van der Waals surface area contributed by atoms with E-state index in [1.807, 2.05) is 12.3 Å². The van der Waals surface area contributed by atoms with E-state index >= 15 is 0 Å². The molecule has 0 aliphatic heterocycles. The molecule has 0 radical (unpaired) electrons. The Morgan fingerprint density at radius 1 is 1.41 bits per heavy atom. The van der Waals surface area contributed by atoms with E-state index in [0.29, 0.717) is 5.69 Å². The highest BCUT2D eigenvalue weighted by molar-refractivity contribution is 7.09. The van der Waals surface area contributed by atoms with Gasteiger partial charge in [-0.25, -0.2) is 9.78 Å². The van der Waals surface area contributed by atoms with Crippen molar-refractivity contribution in [1.82, 2.24) is 4.98 Å². The van der Waals surface area contributed by atoms with Crippen molar-refractivity contribution in [3.8, 4) is 0 Å². The maximum absolute atomic E-state index is 11.9. The number of rotatable bonds is 4. The van der Waals surface area contributed by atoms with Crippen LogP contribution in [-0.2, 0) is 9.53 Å². The molecule has 0 saturated heterocycles. The summed E-state index contributed by atoms with van der Waals surface area (Å²) >= 11 is 7.42. The van der Waals surface area contributed by atoms with Crippen LogP contribution in [0, 0.1) is 6.92 Å². The predicted molar refractivity (Wildman–Crippen MR) is 87.3 cm³/mol. The van der Waals surface area contributed by atoms with Gasteiger partial charge in [0.1, 0.15) is 0 Å². The number of methoxy groups -OCH3 is 1. The van der Waals surface area contributed by atoms with Gasteiger partial charge in [0, 0.05) is 17.1 Å². The average molecular weight is 337 g/mol. The lowest BCUT2D eigenvalue weighted by molar-refractivity contribution is -0.111. The zero-order chi connectivity index (χ0) is 16.1. The number of thiazole rings is 1. The lowest BCUT2D eigenvalue weighted by atomic mass is 10.2. The number of nitrogens with zero attached hydrogens (tertiary/aromatic N) is 1. The summed E-state index contributed by atoms with van der Waals surface area (Å²) in [6, 6.07) is 4.59. The van der Waals surface area contributed by atoms with E-state index in [2.05, 4.69) is 15.0 Å². The zero-order valence-corrected chi connectivity index (χ0v) is 13.5. The topological polar surface area (TPSA) is 68.3 Å². The molecule has 1 N–H and O–H groups in total. The Morgan fingerprint density at radius 2 is 2.18 bits per heavy atom. The number of anilines is 1. The van der Waals surface area contributed by atoms with Crippen molar-refractivity contribution >= 4 is 46.6 Å². The Balaban J connectivity index is 2.08. The first kappa shape index (κ1) is 16.2. The smallest absolute Gasteiger partial charge is 0.339 e. The summed E-state index contributed by atoms with van der Waals surface area (Å²) in [6.45, 7) is 1.89. The fourth-order valence-electron chi connectivity index (χ4n) is 1.67. The molecule has 0 bridgehead atoms. The van der Waals surface area contributed by atoms with Crippen LogP contribution in [-0.4, -0.2) is 24.0 Å². The van der Waals surface area contributed by atoms with Crippen molar-refractivity contribution in [3.05, 3.63) is 50.9 Å². The molecule has 114 valence electrons. The van der Waals surface area contributed by atoms with Crippen LogP contribution in [0.5, 0.6) is 0 Å². The Morgan fingerprint density at radius 3 is 2.82 bits per heavy atom. The average Bonchev–Trinajstić information content (AvgIpc) is 2.92. The molecule has 22 heavy (non-hydrogen) atoms. The highest BCUT2D eigenvalue weighted by atomic mass is 35.5. The van der Waals surface area contributed by atoms with E-state index in [-0.39, 0.29) is 16.5 Å². The van der Waals surface area contributed by atoms with Gasteiger partial charge in [-0.15, -0.1) is 11.3 Å². The number of carbonyl (C=O) groups is 2. The number of ether oxygens (including phenoxy) is 1. The number of esters is 1. The lowest BCUT2D eigenvalue weighted by Gasteiger charge is -2.06. The van der Waals surface area contributed by atoms with Gasteiger partial charge < -0.3 is 10.1 Å². The standard InChI is InChI=1S/C15H13ClN2O3S/c1-9-17-11(8-22-9)4-6-14(19)18-10-3-5-13(16)12(7-10)15(20)21-2/h3-8H,1-2H3,(H,18,19)/b6-4+. The molecule has 0 unspecified atom stereocenters. The Kier molecular flexibility index (Phi) is 5.30. The number of carbonyl (C=O) groups excluding carboxylic acids is 2. The molecular weight excluding hydrogens is 324 g/mol. The van der Waals surface area contributed by atoms with Gasteiger partial charge >= 0.3 is 5.97 Å². The monoisotopic (exact) mass is 336 g/mol. The summed E-state index contributed by atoms with van der Waals surface area (Å²) < 4.78 is 4.63. The van der Waals surface area contributed by atoms with E-state index < -0.39 is 5.97 Å². The molecule has 0 saturated carbocycles. The van der Waals surface area contributed by atoms with Gasteiger partial charge in [0.25, 0.3) is 0 Å². The zero-order valence-electron chi connectivity index (χ0n) is 11.9. The summed E-state index contributed by atoms with van der Waals surface area (Å²) in [4.78, 5) is 27.6. The van der Waals surface area contributed by atoms with Crippen molar-refractivity contribution in [2.45, 2.75) is 6.92 Å². The maximum Gasteiger partial charge on any atom is 0.339 e. The third-order valence-corrected chi connectivity index (χ3v) is 3.80. The summed E-state index contributed by atoms with van der Waals surface area (Å²) in [5, 5.41) is 5.70. The van der Waals surface area contributed by atoms with Gasteiger partial charge in [-0.1, -0.05) is 11.6 Å². The van der Waals surface area contributed by atoms with E-state index in [4.69, 9.17) is 11.6 Å². The first-order valence-corrected chi connectivity index (χ1v) is 7.54. The predicted octanol–water partition coefficient (Wildman–Crippen LogP) is 3.54. The van der Waals surface area contributed by atoms with Crippen LogP contribution in [0.25, 0.3) is 6.08 Å². The van der Waals surface area contributed by atoms with Crippen molar-refractivity contribution in [1.29, 1.82) is 0 Å². The largest absolute Gasteiger partial charge is 0.465 e. The summed E-state index contributed by atoms with van der Waals surface area (Å²) in [6.07, 6.45) is 3.00. The molecule has 0 aliphatic rings. The van der Waals surface area contributed by atoms with E-state index in [0.717, 1.165) is 10.7 Å². The Hall–Kier alpha value is -2.18. The SMILES string of the molecule is COC(=O)c1cc(NC(=O)/C=C/c2csc(C)n2)ccc1Cl. The molecule has 0 atom stereocenters. The molecule has 7 heteroatoms.